The van der Waals surface area contributed by atoms with Gasteiger partial charge in [0.25, 0.3) is 0 Å². The number of ether oxygens (including phenoxy) is 1. The largest absolute Gasteiger partial charge is 0.492 e. The number of aromatic nitrogens is 2. The van der Waals surface area contributed by atoms with E-state index in [1.807, 2.05) is 31.2 Å². The first-order valence-corrected chi connectivity index (χ1v) is 9.18. The molecule has 1 N–H and O–H groups in total. The smallest absolute Gasteiger partial charge is 0.242 e. The maximum absolute atomic E-state index is 12.4. The molecule has 8 heteroatoms. The van der Waals surface area contributed by atoms with Crippen molar-refractivity contribution in [2.24, 2.45) is 0 Å². The fourth-order valence-electron chi connectivity index (χ4n) is 2.06. The van der Waals surface area contributed by atoms with Crippen LogP contribution in [0, 0.1) is 6.92 Å². The van der Waals surface area contributed by atoms with Crippen LogP contribution < -0.4 is 9.46 Å². The van der Waals surface area contributed by atoms with E-state index >= 15 is 0 Å². The van der Waals surface area contributed by atoms with Gasteiger partial charge in [-0.25, -0.2) is 13.1 Å². The Balaban J connectivity index is 1.63. The van der Waals surface area contributed by atoms with Crippen LogP contribution in [0.25, 0.3) is 11.0 Å². The summed E-state index contributed by atoms with van der Waals surface area (Å²) >= 11 is 0.993. The summed E-state index contributed by atoms with van der Waals surface area (Å²) < 4.78 is 40.9. The molecule has 3 rings (SSSR count). The second-order valence-electron chi connectivity index (χ2n) is 4.95. The number of nitrogens with zero attached hydrogens (tertiary/aromatic N) is 2. The zero-order valence-corrected chi connectivity index (χ0v) is 14.0. The van der Waals surface area contributed by atoms with Gasteiger partial charge in [-0.1, -0.05) is 23.8 Å². The SMILES string of the molecule is Cc1ccc(OCCNS(=O)(=O)c2cccc3nsnc23)cc1. The van der Waals surface area contributed by atoms with Gasteiger partial charge in [0.2, 0.25) is 10.0 Å². The van der Waals surface area contributed by atoms with E-state index in [1.165, 1.54) is 6.07 Å². The number of benzene rings is 2. The number of hydrogen-bond donors (Lipinski definition) is 1. The van der Waals surface area contributed by atoms with Gasteiger partial charge in [-0.15, -0.1) is 0 Å². The van der Waals surface area contributed by atoms with Gasteiger partial charge in [-0.05, 0) is 31.2 Å². The Labute approximate surface area is 138 Å². The molecule has 23 heavy (non-hydrogen) atoms. The van der Waals surface area contributed by atoms with E-state index in [0.29, 0.717) is 16.8 Å². The molecule has 0 bridgehead atoms. The first-order chi connectivity index (χ1) is 11.1. The number of nitrogens with one attached hydrogen (secondary N) is 1. The lowest BCUT2D eigenvalue weighted by Crippen LogP contribution is -2.28. The number of sulfonamides is 1. The summed E-state index contributed by atoms with van der Waals surface area (Å²) in [6.45, 7) is 2.41. The molecule has 1 heterocycles. The fourth-order valence-corrected chi connectivity index (χ4v) is 3.83. The van der Waals surface area contributed by atoms with Gasteiger partial charge in [0.15, 0.2) is 0 Å². The molecular formula is C15H15N3O3S2. The van der Waals surface area contributed by atoms with Crippen molar-refractivity contribution in [1.29, 1.82) is 0 Å². The summed E-state index contributed by atoms with van der Waals surface area (Å²) in [7, 11) is -3.64. The summed E-state index contributed by atoms with van der Waals surface area (Å²) in [5.41, 5.74) is 2.11. The first-order valence-electron chi connectivity index (χ1n) is 6.97. The van der Waals surface area contributed by atoms with Crippen molar-refractivity contribution in [3.63, 3.8) is 0 Å². The normalized spacial score (nSPS) is 11.7. The molecule has 0 aliphatic carbocycles. The molecule has 0 atom stereocenters. The molecule has 0 radical (unpaired) electrons. The maximum atomic E-state index is 12.4. The Hall–Kier alpha value is -2.03. The van der Waals surface area contributed by atoms with E-state index in [1.54, 1.807) is 12.1 Å². The Bertz CT molecular complexity index is 905. The Kier molecular flexibility index (Phi) is 4.56. The van der Waals surface area contributed by atoms with Crippen molar-refractivity contribution < 1.29 is 13.2 Å². The third-order valence-corrected chi connectivity index (χ3v) is 5.26. The van der Waals surface area contributed by atoms with Crippen molar-refractivity contribution in [3.8, 4) is 5.75 Å². The van der Waals surface area contributed by atoms with Crippen LogP contribution in [0.5, 0.6) is 5.75 Å². The molecule has 120 valence electrons. The van der Waals surface area contributed by atoms with Crippen LogP contribution >= 0.6 is 11.7 Å². The van der Waals surface area contributed by atoms with E-state index in [2.05, 4.69) is 13.5 Å². The highest BCUT2D eigenvalue weighted by Crippen LogP contribution is 2.20. The summed E-state index contributed by atoms with van der Waals surface area (Å²) in [6.07, 6.45) is 0. The van der Waals surface area contributed by atoms with Gasteiger partial charge in [0.05, 0.1) is 11.7 Å². The summed E-state index contributed by atoms with van der Waals surface area (Å²) in [4.78, 5) is 0.138. The Morgan fingerprint density at radius 3 is 2.70 bits per heavy atom. The molecule has 0 saturated heterocycles. The van der Waals surface area contributed by atoms with Crippen LogP contribution in [0.2, 0.25) is 0 Å². The number of rotatable bonds is 6. The van der Waals surface area contributed by atoms with Gasteiger partial charge >= 0.3 is 0 Å². The molecular weight excluding hydrogens is 334 g/mol. The number of fused-ring (bicyclic) bond motifs is 1. The van der Waals surface area contributed by atoms with Crippen molar-refractivity contribution in [1.82, 2.24) is 13.5 Å². The lowest BCUT2D eigenvalue weighted by molar-refractivity contribution is 0.323. The topological polar surface area (TPSA) is 81.2 Å². The van der Waals surface area contributed by atoms with Crippen molar-refractivity contribution in [3.05, 3.63) is 48.0 Å². The highest BCUT2D eigenvalue weighted by Gasteiger charge is 2.18. The zero-order chi connectivity index (χ0) is 16.3. The van der Waals surface area contributed by atoms with E-state index in [0.717, 1.165) is 17.3 Å². The first kappa shape index (κ1) is 15.9. The average Bonchev–Trinajstić information content (AvgIpc) is 3.01. The van der Waals surface area contributed by atoms with Crippen molar-refractivity contribution in [2.75, 3.05) is 13.2 Å². The molecule has 3 aromatic rings. The number of aryl methyl sites for hydroxylation is 1. The Morgan fingerprint density at radius 2 is 1.91 bits per heavy atom. The van der Waals surface area contributed by atoms with Gasteiger partial charge in [-0.2, -0.15) is 8.75 Å². The van der Waals surface area contributed by atoms with Gasteiger partial charge in [-0.3, -0.25) is 0 Å². The van der Waals surface area contributed by atoms with E-state index in [9.17, 15) is 8.42 Å². The van der Waals surface area contributed by atoms with Gasteiger partial charge in [0, 0.05) is 6.54 Å². The molecule has 1 aromatic heterocycles. The van der Waals surface area contributed by atoms with Crippen molar-refractivity contribution in [2.45, 2.75) is 11.8 Å². The van der Waals surface area contributed by atoms with Crippen LogP contribution in [0.15, 0.2) is 47.4 Å². The highest BCUT2D eigenvalue weighted by atomic mass is 32.2. The lowest BCUT2D eigenvalue weighted by atomic mass is 10.2. The van der Waals surface area contributed by atoms with Gasteiger partial charge in [0.1, 0.15) is 28.3 Å². The van der Waals surface area contributed by atoms with Crippen LogP contribution in [0.3, 0.4) is 0 Å². The maximum Gasteiger partial charge on any atom is 0.242 e. The second kappa shape index (κ2) is 6.61. The standard InChI is InChI=1S/C15H15N3O3S2/c1-11-5-7-12(8-6-11)21-10-9-16-23(19,20)14-4-2-3-13-15(14)18-22-17-13/h2-8,16H,9-10H2,1H3. The van der Waals surface area contributed by atoms with Crippen LogP contribution in [-0.4, -0.2) is 30.3 Å². The lowest BCUT2D eigenvalue weighted by Gasteiger charge is -2.09. The number of hydrogen-bond acceptors (Lipinski definition) is 6. The molecule has 0 aliphatic rings. The van der Waals surface area contributed by atoms with E-state index in [-0.39, 0.29) is 18.0 Å². The van der Waals surface area contributed by atoms with Gasteiger partial charge < -0.3 is 4.74 Å². The summed E-state index contributed by atoms with van der Waals surface area (Å²) in [5, 5.41) is 0. The van der Waals surface area contributed by atoms with E-state index < -0.39 is 10.0 Å². The fraction of sp³-hybridized carbons (Fsp3) is 0.200. The monoisotopic (exact) mass is 349 g/mol. The third kappa shape index (κ3) is 3.66. The molecule has 0 aliphatic heterocycles. The predicted octanol–water partition coefficient (Wildman–Crippen LogP) is 2.36. The van der Waals surface area contributed by atoms with Crippen LogP contribution in [0.4, 0.5) is 0 Å². The minimum Gasteiger partial charge on any atom is -0.492 e. The Morgan fingerprint density at radius 1 is 1.13 bits per heavy atom. The molecule has 6 nitrogen and oxygen atoms in total. The summed E-state index contributed by atoms with van der Waals surface area (Å²) in [5.74, 6) is 0.709. The van der Waals surface area contributed by atoms with Crippen LogP contribution in [0.1, 0.15) is 5.56 Å². The molecule has 0 unspecified atom stereocenters. The third-order valence-electron chi connectivity index (χ3n) is 3.22. The quantitative estimate of drug-likeness (QED) is 0.691. The van der Waals surface area contributed by atoms with Crippen LogP contribution in [-0.2, 0) is 10.0 Å². The predicted molar refractivity (Wildman–Crippen MR) is 89.3 cm³/mol. The summed E-state index contributed by atoms with van der Waals surface area (Å²) in [6, 6.07) is 12.5. The second-order valence-corrected chi connectivity index (χ2v) is 7.21. The minimum atomic E-state index is -3.64. The zero-order valence-electron chi connectivity index (χ0n) is 12.4. The molecule has 0 amide bonds. The average molecular weight is 349 g/mol. The molecule has 0 spiro atoms. The van der Waals surface area contributed by atoms with E-state index in [4.69, 9.17) is 4.74 Å². The molecule has 0 fully saturated rings. The molecule has 0 saturated carbocycles. The minimum absolute atomic E-state index is 0.138. The van der Waals surface area contributed by atoms with Crippen molar-refractivity contribution >= 4 is 32.8 Å². The molecule has 2 aromatic carbocycles. The highest BCUT2D eigenvalue weighted by molar-refractivity contribution is 7.89.